The van der Waals surface area contributed by atoms with Gasteiger partial charge in [0.25, 0.3) is 0 Å². The molecular formula is C23H21N3O. The number of hydrogen-bond acceptors (Lipinski definition) is 4. The molecular weight excluding hydrogens is 334 g/mol. The van der Waals surface area contributed by atoms with Crippen LogP contribution < -0.4 is 0 Å². The third kappa shape index (κ3) is 2.92. The lowest BCUT2D eigenvalue weighted by atomic mass is 9.86. The summed E-state index contributed by atoms with van der Waals surface area (Å²) in [5.41, 5.74) is 6.58. The van der Waals surface area contributed by atoms with E-state index in [4.69, 9.17) is 4.42 Å². The van der Waals surface area contributed by atoms with Crippen LogP contribution in [0.2, 0.25) is 0 Å². The Morgan fingerprint density at radius 2 is 1.89 bits per heavy atom. The van der Waals surface area contributed by atoms with E-state index in [1.807, 2.05) is 31.2 Å². The van der Waals surface area contributed by atoms with E-state index in [0.717, 1.165) is 46.8 Å². The van der Waals surface area contributed by atoms with Crippen LogP contribution in [0.15, 0.2) is 65.1 Å². The van der Waals surface area contributed by atoms with Gasteiger partial charge in [-0.1, -0.05) is 30.3 Å². The highest BCUT2D eigenvalue weighted by Crippen LogP contribution is 2.37. The zero-order chi connectivity index (χ0) is 18.4. The van der Waals surface area contributed by atoms with Gasteiger partial charge in [0, 0.05) is 24.0 Å². The summed E-state index contributed by atoms with van der Waals surface area (Å²) in [5.74, 6) is 1.27. The Balaban J connectivity index is 1.57. The zero-order valence-corrected chi connectivity index (χ0v) is 15.5. The highest BCUT2D eigenvalue weighted by Gasteiger charge is 2.27. The van der Waals surface area contributed by atoms with E-state index in [0.29, 0.717) is 0 Å². The van der Waals surface area contributed by atoms with Gasteiger partial charge in [-0.3, -0.25) is 0 Å². The second-order valence-corrected chi connectivity index (χ2v) is 7.41. The Morgan fingerprint density at radius 1 is 1.00 bits per heavy atom. The Kier molecular flexibility index (Phi) is 3.80. The van der Waals surface area contributed by atoms with Gasteiger partial charge in [-0.15, -0.1) is 0 Å². The minimum absolute atomic E-state index is 0.240. The molecule has 3 heterocycles. The van der Waals surface area contributed by atoms with Crippen molar-refractivity contribution in [2.24, 2.45) is 0 Å². The molecule has 0 aliphatic carbocycles. The molecule has 0 N–H and O–H groups in total. The van der Waals surface area contributed by atoms with Crippen molar-refractivity contribution in [1.29, 1.82) is 0 Å². The van der Waals surface area contributed by atoms with Crippen LogP contribution in [0.4, 0.5) is 0 Å². The molecule has 1 aliphatic heterocycles. The normalized spacial score (nSPS) is 17.2. The fraction of sp³-hybridized carbons (Fsp3) is 0.217. The molecule has 4 aromatic rings. The monoisotopic (exact) mass is 355 g/mol. The van der Waals surface area contributed by atoms with E-state index in [2.05, 4.69) is 58.5 Å². The van der Waals surface area contributed by atoms with Crippen molar-refractivity contribution >= 4 is 11.0 Å². The van der Waals surface area contributed by atoms with Gasteiger partial charge < -0.3 is 9.32 Å². The second-order valence-electron chi connectivity index (χ2n) is 7.41. The number of rotatable bonds is 2. The summed E-state index contributed by atoms with van der Waals surface area (Å²) >= 11 is 0. The molecule has 5 rings (SSSR count). The highest BCUT2D eigenvalue weighted by atomic mass is 16.3. The molecule has 0 saturated heterocycles. The van der Waals surface area contributed by atoms with Crippen molar-refractivity contribution in [3.05, 3.63) is 83.2 Å². The number of fused-ring (bicyclic) bond motifs is 2. The molecule has 134 valence electrons. The lowest BCUT2D eigenvalue weighted by molar-refractivity contribution is 0.282. The third-order valence-electron chi connectivity index (χ3n) is 5.33. The van der Waals surface area contributed by atoms with Crippen molar-refractivity contribution in [3.8, 4) is 11.3 Å². The van der Waals surface area contributed by atoms with E-state index >= 15 is 0 Å². The topological polar surface area (TPSA) is 42.2 Å². The van der Waals surface area contributed by atoms with Gasteiger partial charge in [0.2, 0.25) is 0 Å². The fourth-order valence-electron chi connectivity index (χ4n) is 3.98. The van der Waals surface area contributed by atoms with Crippen molar-refractivity contribution in [2.45, 2.75) is 19.4 Å². The van der Waals surface area contributed by atoms with Crippen molar-refractivity contribution < 1.29 is 4.42 Å². The zero-order valence-electron chi connectivity index (χ0n) is 15.5. The number of aromatic nitrogens is 2. The third-order valence-corrected chi connectivity index (χ3v) is 5.33. The summed E-state index contributed by atoms with van der Waals surface area (Å²) in [6.07, 6.45) is 0. The maximum atomic E-state index is 6.19. The number of nitrogens with zero attached hydrogens (tertiary/aromatic N) is 3. The molecule has 0 bridgehead atoms. The summed E-state index contributed by atoms with van der Waals surface area (Å²) in [6, 6.07) is 21.1. The van der Waals surface area contributed by atoms with Crippen LogP contribution in [-0.4, -0.2) is 28.7 Å². The van der Waals surface area contributed by atoms with Crippen LogP contribution in [0.5, 0.6) is 0 Å². The lowest BCUT2D eigenvalue weighted by Crippen LogP contribution is -2.30. The summed E-state index contributed by atoms with van der Waals surface area (Å²) in [7, 11) is 2.16. The second kappa shape index (κ2) is 6.32. The SMILES string of the molecule is Cc1ccc(-c2ccc3c(c2)CN(C)CC3c2cc3ccccc3o2)nn1. The van der Waals surface area contributed by atoms with Gasteiger partial charge in [0.1, 0.15) is 11.3 Å². The lowest BCUT2D eigenvalue weighted by Gasteiger charge is -2.31. The maximum Gasteiger partial charge on any atom is 0.134 e. The molecule has 4 nitrogen and oxygen atoms in total. The Labute approximate surface area is 158 Å². The van der Waals surface area contributed by atoms with E-state index in [1.165, 1.54) is 11.1 Å². The van der Waals surface area contributed by atoms with E-state index in [1.54, 1.807) is 0 Å². The van der Waals surface area contributed by atoms with E-state index in [9.17, 15) is 0 Å². The Bertz CT molecular complexity index is 1080. The first-order valence-corrected chi connectivity index (χ1v) is 9.28. The highest BCUT2D eigenvalue weighted by molar-refractivity contribution is 5.78. The maximum absolute atomic E-state index is 6.19. The number of hydrogen-bond donors (Lipinski definition) is 0. The van der Waals surface area contributed by atoms with Crippen LogP contribution in [0, 0.1) is 6.92 Å². The number of para-hydroxylation sites is 1. The standard InChI is InChI=1S/C23H21N3O/c1-15-7-10-21(25-24-15)16-8-9-19-18(11-16)13-26(2)14-20(19)23-12-17-5-3-4-6-22(17)27-23/h3-12,20H,13-14H2,1-2H3. The summed E-state index contributed by atoms with van der Waals surface area (Å²) in [5, 5.41) is 9.70. The smallest absolute Gasteiger partial charge is 0.134 e. The molecule has 1 unspecified atom stereocenters. The number of aryl methyl sites for hydroxylation is 1. The van der Waals surface area contributed by atoms with Gasteiger partial charge >= 0.3 is 0 Å². The first-order chi connectivity index (χ1) is 13.2. The molecule has 0 spiro atoms. The van der Waals surface area contributed by atoms with Crippen LogP contribution in [0.1, 0.15) is 28.5 Å². The Morgan fingerprint density at radius 3 is 2.70 bits per heavy atom. The average Bonchev–Trinajstić information content (AvgIpc) is 3.11. The molecule has 0 amide bonds. The van der Waals surface area contributed by atoms with Crippen LogP contribution >= 0.6 is 0 Å². The minimum Gasteiger partial charge on any atom is -0.460 e. The van der Waals surface area contributed by atoms with Crippen LogP contribution in [0.25, 0.3) is 22.2 Å². The molecule has 0 fully saturated rings. The number of furan rings is 1. The molecule has 2 aromatic carbocycles. The minimum atomic E-state index is 0.240. The number of likely N-dealkylation sites (N-methyl/N-ethyl adjacent to an activating group) is 1. The summed E-state index contributed by atoms with van der Waals surface area (Å²) in [4.78, 5) is 2.35. The first-order valence-electron chi connectivity index (χ1n) is 9.28. The van der Waals surface area contributed by atoms with E-state index in [-0.39, 0.29) is 5.92 Å². The van der Waals surface area contributed by atoms with Crippen molar-refractivity contribution in [3.63, 3.8) is 0 Å². The molecule has 0 saturated carbocycles. The quantitative estimate of drug-likeness (QED) is 0.519. The molecule has 27 heavy (non-hydrogen) atoms. The molecule has 1 aliphatic rings. The summed E-state index contributed by atoms with van der Waals surface area (Å²) in [6.45, 7) is 3.84. The van der Waals surface area contributed by atoms with Crippen molar-refractivity contribution in [2.75, 3.05) is 13.6 Å². The fourth-order valence-corrected chi connectivity index (χ4v) is 3.98. The summed E-state index contributed by atoms with van der Waals surface area (Å²) < 4.78 is 6.19. The van der Waals surface area contributed by atoms with E-state index < -0.39 is 0 Å². The first kappa shape index (κ1) is 16.2. The van der Waals surface area contributed by atoms with Gasteiger partial charge in [-0.2, -0.15) is 10.2 Å². The van der Waals surface area contributed by atoms with Crippen molar-refractivity contribution in [1.82, 2.24) is 15.1 Å². The average molecular weight is 355 g/mol. The molecule has 4 heteroatoms. The largest absolute Gasteiger partial charge is 0.460 e. The molecule has 1 atom stereocenters. The predicted octanol–water partition coefficient (Wildman–Crippen LogP) is 4.78. The van der Waals surface area contributed by atoms with Gasteiger partial charge in [0.15, 0.2) is 0 Å². The molecule has 0 radical (unpaired) electrons. The van der Waals surface area contributed by atoms with Crippen LogP contribution in [0.3, 0.4) is 0 Å². The Hall–Kier alpha value is -2.98. The van der Waals surface area contributed by atoms with Gasteiger partial charge in [0.05, 0.1) is 17.3 Å². The predicted molar refractivity (Wildman–Crippen MR) is 107 cm³/mol. The molecule has 2 aromatic heterocycles. The van der Waals surface area contributed by atoms with Gasteiger partial charge in [-0.25, -0.2) is 0 Å². The van der Waals surface area contributed by atoms with Crippen LogP contribution in [-0.2, 0) is 6.54 Å². The number of benzene rings is 2. The van der Waals surface area contributed by atoms with Gasteiger partial charge in [-0.05, 0) is 55.4 Å².